The molecule has 3 aromatic rings. The third-order valence-corrected chi connectivity index (χ3v) is 5.55. The van der Waals surface area contributed by atoms with Crippen LogP contribution in [-0.2, 0) is 0 Å². The van der Waals surface area contributed by atoms with Crippen molar-refractivity contribution in [3.8, 4) is 10.6 Å². The number of halogens is 1. The number of rotatable bonds is 3. The molecule has 134 valence electrons. The monoisotopic (exact) mass is 434 g/mol. The molecule has 1 fully saturated rings. The van der Waals surface area contributed by atoms with Crippen LogP contribution < -0.4 is 0 Å². The Kier molecular flexibility index (Phi) is 4.64. The van der Waals surface area contributed by atoms with Crippen LogP contribution in [0.3, 0.4) is 0 Å². The summed E-state index contributed by atoms with van der Waals surface area (Å²) in [6.07, 6.45) is 0. The second-order valence-electron chi connectivity index (χ2n) is 5.83. The number of hydrogen-bond donors (Lipinski definition) is 1. The second-order valence-corrected chi connectivity index (χ2v) is 7.56. The predicted molar refractivity (Wildman–Crippen MR) is 100 cm³/mol. The molecule has 0 aliphatic carbocycles. The number of piperazine rings is 1. The van der Waals surface area contributed by atoms with E-state index in [4.69, 9.17) is 4.42 Å². The number of thiophene rings is 1. The van der Waals surface area contributed by atoms with E-state index < -0.39 is 0 Å². The number of nitrogens with one attached hydrogen (secondary N) is 1. The van der Waals surface area contributed by atoms with Crippen molar-refractivity contribution in [3.05, 3.63) is 51.8 Å². The van der Waals surface area contributed by atoms with Gasteiger partial charge in [0, 0.05) is 26.2 Å². The highest BCUT2D eigenvalue weighted by molar-refractivity contribution is 9.10. The van der Waals surface area contributed by atoms with Crippen LogP contribution in [0.2, 0.25) is 0 Å². The molecule has 0 spiro atoms. The number of nitrogens with zero attached hydrogens (tertiary/aromatic N) is 3. The van der Waals surface area contributed by atoms with Crippen molar-refractivity contribution in [1.82, 2.24) is 20.0 Å². The number of amides is 2. The molecule has 7 nitrogen and oxygen atoms in total. The molecule has 0 aromatic carbocycles. The van der Waals surface area contributed by atoms with Crippen LogP contribution in [0.1, 0.15) is 21.0 Å². The van der Waals surface area contributed by atoms with Gasteiger partial charge in [-0.05, 0) is 45.6 Å². The molecule has 2 amide bonds. The Labute approximate surface area is 161 Å². The maximum atomic E-state index is 12.7. The van der Waals surface area contributed by atoms with E-state index in [0.29, 0.717) is 42.3 Å². The predicted octanol–water partition coefficient (Wildman–Crippen LogP) is 3.09. The van der Waals surface area contributed by atoms with Crippen LogP contribution in [0.25, 0.3) is 10.6 Å². The van der Waals surface area contributed by atoms with Gasteiger partial charge in [0.1, 0.15) is 0 Å². The summed E-state index contributed by atoms with van der Waals surface area (Å²) >= 11 is 4.78. The van der Waals surface area contributed by atoms with Crippen molar-refractivity contribution < 1.29 is 14.0 Å². The minimum atomic E-state index is -0.164. The summed E-state index contributed by atoms with van der Waals surface area (Å²) in [5, 5.41) is 9.03. The van der Waals surface area contributed by atoms with Crippen LogP contribution in [0, 0.1) is 0 Å². The number of carbonyl (C=O) groups excluding carboxylic acids is 2. The van der Waals surface area contributed by atoms with Crippen LogP contribution in [0.15, 0.2) is 44.8 Å². The van der Waals surface area contributed by atoms with Gasteiger partial charge in [-0.1, -0.05) is 6.07 Å². The van der Waals surface area contributed by atoms with E-state index in [1.165, 1.54) is 0 Å². The van der Waals surface area contributed by atoms with Crippen LogP contribution >= 0.6 is 27.3 Å². The minimum absolute atomic E-state index is 0.128. The van der Waals surface area contributed by atoms with E-state index in [-0.39, 0.29) is 11.8 Å². The third kappa shape index (κ3) is 3.32. The summed E-state index contributed by atoms with van der Waals surface area (Å²) in [7, 11) is 0. The fourth-order valence-electron chi connectivity index (χ4n) is 2.85. The first-order chi connectivity index (χ1) is 12.6. The fraction of sp³-hybridized carbons (Fsp3) is 0.235. The number of hydrogen-bond acceptors (Lipinski definition) is 5. The zero-order valence-corrected chi connectivity index (χ0v) is 16.0. The van der Waals surface area contributed by atoms with E-state index in [1.54, 1.807) is 39.3 Å². The van der Waals surface area contributed by atoms with Crippen LogP contribution in [0.4, 0.5) is 0 Å². The number of aromatic nitrogens is 2. The van der Waals surface area contributed by atoms with E-state index in [2.05, 4.69) is 26.1 Å². The van der Waals surface area contributed by atoms with Gasteiger partial charge in [0.15, 0.2) is 16.1 Å². The zero-order valence-electron chi connectivity index (χ0n) is 13.6. The zero-order chi connectivity index (χ0) is 18.1. The van der Waals surface area contributed by atoms with Gasteiger partial charge in [0.25, 0.3) is 11.8 Å². The van der Waals surface area contributed by atoms with Gasteiger partial charge in [-0.2, -0.15) is 5.10 Å². The summed E-state index contributed by atoms with van der Waals surface area (Å²) < 4.78 is 5.83. The number of furan rings is 1. The molecule has 1 N–H and O–H groups in total. The first kappa shape index (κ1) is 17.0. The van der Waals surface area contributed by atoms with Gasteiger partial charge in [0.2, 0.25) is 0 Å². The lowest BCUT2D eigenvalue weighted by Crippen LogP contribution is -2.50. The first-order valence-corrected chi connectivity index (χ1v) is 9.72. The topological polar surface area (TPSA) is 82.4 Å². The summed E-state index contributed by atoms with van der Waals surface area (Å²) in [6.45, 7) is 1.86. The Morgan fingerprint density at radius 2 is 1.85 bits per heavy atom. The average molecular weight is 435 g/mol. The molecule has 0 saturated carbocycles. The second kappa shape index (κ2) is 7.08. The van der Waals surface area contributed by atoms with Crippen molar-refractivity contribution in [2.75, 3.05) is 26.2 Å². The Hall–Kier alpha value is -2.39. The number of carbonyl (C=O) groups is 2. The van der Waals surface area contributed by atoms with Gasteiger partial charge in [-0.25, -0.2) is 0 Å². The molecule has 1 aliphatic rings. The Balaban J connectivity index is 1.38. The molecular weight excluding hydrogens is 420 g/mol. The molecule has 9 heteroatoms. The van der Waals surface area contributed by atoms with Crippen molar-refractivity contribution in [1.29, 1.82) is 0 Å². The Morgan fingerprint density at radius 1 is 1.12 bits per heavy atom. The normalized spacial score (nSPS) is 14.7. The fourth-order valence-corrected chi connectivity index (χ4v) is 3.85. The largest absolute Gasteiger partial charge is 0.444 e. The Morgan fingerprint density at radius 3 is 2.46 bits per heavy atom. The molecule has 0 unspecified atom stereocenters. The van der Waals surface area contributed by atoms with Gasteiger partial charge < -0.3 is 14.2 Å². The number of H-pyrrole nitrogens is 1. The highest BCUT2D eigenvalue weighted by Gasteiger charge is 2.28. The molecule has 0 radical (unpaired) electrons. The quantitative estimate of drug-likeness (QED) is 0.686. The SMILES string of the molecule is O=C(c1cc(-c2cccs2)[nH]n1)N1CCN(C(=O)c2ccc(Br)o2)CC1. The molecule has 26 heavy (non-hydrogen) atoms. The summed E-state index contributed by atoms with van der Waals surface area (Å²) in [5.74, 6) is 0.00370. The highest BCUT2D eigenvalue weighted by Crippen LogP contribution is 2.23. The van der Waals surface area contributed by atoms with E-state index >= 15 is 0 Å². The van der Waals surface area contributed by atoms with Crippen molar-refractivity contribution >= 4 is 39.1 Å². The van der Waals surface area contributed by atoms with Gasteiger partial charge >= 0.3 is 0 Å². The average Bonchev–Trinajstić information content (AvgIpc) is 3.41. The van der Waals surface area contributed by atoms with Crippen molar-refractivity contribution in [2.45, 2.75) is 0 Å². The third-order valence-electron chi connectivity index (χ3n) is 4.22. The first-order valence-electron chi connectivity index (χ1n) is 8.05. The van der Waals surface area contributed by atoms with Gasteiger partial charge in [0.05, 0.1) is 10.6 Å². The highest BCUT2D eigenvalue weighted by atomic mass is 79.9. The molecule has 1 saturated heterocycles. The van der Waals surface area contributed by atoms with E-state index in [1.807, 2.05) is 17.5 Å². The summed E-state index contributed by atoms with van der Waals surface area (Å²) in [5.41, 5.74) is 1.23. The van der Waals surface area contributed by atoms with Crippen molar-refractivity contribution in [2.24, 2.45) is 0 Å². The smallest absolute Gasteiger partial charge is 0.289 e. The lowest BCUT2D eigenvalue weighted by molar-refractivity contribution is 0.0514. The lowest BCUT2D eigenvalue weighted by atomic mass is 10.2. The minimum Gasteiger partial charge on any atom is -0.444 e. The molecule has 4 rings (SSSR count). The maximum absolute atomic E-state index is 12.7. The van der Waals surface area contributed by atoms with Crippen LogP contribution in [-0.4, -0.2) is 58.0 Å². The molecule has 3 aromatic heterocycles. The van der Waals surface area contributed by atoms with Crippen molar-refractivity contribution in [3.63, 3.8) is 0 Å². The van der Waals surface area contributed by atoms with Crippen LogP contribution in [0.5, 0.6) is 0 Å². The van der Waals surface area contributed by atoms with E-state index in [9.17, 15) is 9.59 Å². The summed E-state index contributed by atoms with van der Waals surface area (Å²) in [4.78, 5) is 29.5. The molecule has 1 aliphatic heterocycles. The molecule has 0 atom stereocenters. The molecule has 0 bridgehead atoms. The van der Waals surface area contributed by atoms with Gasteiger partial charge in [-0.15, -0.1) is 11.3 Å². The number of aromatic amines is 1. The lowest BCUT2D eigenvalue weighted by Gasteiger charge is -2.33. The van der Waals surface area contributed by atoms with Gasteiger partial charge in [-0.3, -0.25) is 14.7 Å². The maximum Gasteiger partial charge on any atom is 0.289 e. The molecule has 4 heterocycles. The summed E-state index contributed by atoms with van der Waals surface area (Å²) in [6, 6.07) is 9.03. The Bertz CT molecular complexity index is 926. The standard InChI is InChI=1S/C17H15BrN4O3S/c18-15-4-3-13(25-15)17(24)22-7-5-21(6-8-22)16(23)12-10-11(19-20-12)14-2-1-9-26-14/h1-4,9-10H,5-8H2,(H,19,20). The molecular formula is C17H15BrN4O3S. The van der Waals surface area contributed by atoms with E-state index in [0.717, 1.165) is 10.6 Å².